The molecule has 2 aromatic heterocycles. The zero-order valence-corrected chi connectivity index (χ0v) is 18.1. The van der Waals surface area contributed by atoms with Crippen molar-refractivity contribution in [2.75, 3.05) is 38.2 Å². The number of amides is 1. The molecule has 158 valence electrons. The molecular weight excluding hydrogens is 380 g/mol. The van der Waals surface area contributed by atoms with Gasteiger partial charge in [-0.3, -0.25) is 4.79 Å². The number of ether oxygens (including phenoxy) is 1. The number of methoxy groups -OCH3 is 1. The number of aromatic nitrogens is 4. The van der Waals surface area contributed by atoms with Gasteiger partial charge in [-0.15, -0.1) is 0 Å². The van der Waals surface area contributed by atoms with Crippen LogP contribution in [0.1, 0.15) is 30.4 Å². The normalized spacial score (nSPS) is 14.9. The van der Waals surface area contributed by atoms with Crippen LogP contribution in [0.2, 0.25) is 0 Å². The molecule has 4 rings (SSSR count). The van der Waals surface area contributed by atoms with Crippen LogP contribution in [-0.2, 0) is 16.1 Å². The fourth-order valence-corrected chi connectivity index (χ4v) is 3.94. The summed E-state index contributed by atoms with van der Waals surface area (Å²) in [6, 6.07) is 8.24. The quantitative estimate of drug-likeness (QED) is 0.661. The van der Waals surface area contributed by atoms with E-state index in [0.717, 1.165) is 54.3 Å². The maximum Gasteiger partial charge on any atom is 0.219 e. The van der Waals surface area contributed by atoms with Crippen LogP contribution in [0.4, 0.5) is 5.82 Å². The van der Waals surface area contributed by atoms with E-state index in [-0.39, 0.29) is 5.91 Å². The van der Waals surface area contributed by atoms with E-state index >= 15 is 0 Å². The van der Waals surface area contributed by atoms with Crippen molar-refractivity contribution in [1.82, 2.24) is 24.6 Å². The SMILES string of the molecule is COCc1nc(N2CCCN(C(C)=O)CC2)c2c(C)nn(-c3ccc(C)cc3)c2n1. The van der Waals surface area contributed by atoms with E-state index in [0.29, 0.717) is 19.0 Å². The van der Waals surface area contributed by atoms with Crippen LogP contribution < -0.4 is 4.90 Å². The Labute approximate surface area is 176 Å². The number of carbonyl (C=O) groups excluding carboxylic acids is 1. The molecule has 0 N–H and O–H groups in total. The van der Waals surface area contributed by atoms with Gasteiger partial charge in [-0.05, 0) is 32.4 Å². The van der Waals surface area contributed by atoms with Crippen molar-refractivity contribution >= 4 is 22.8 Å². The Balaban J connectivity index is 1.83. The summed E-state index contributed by atoms with van der Waals surface area (Å²) in [5.74, 6) is 1.61. The molecule has 1 amide bonds. The Morgan fingerprint density at radius 1 is 1.07 bits per heavy atom. The molecule has 0 radical (unpaired) electrons. The Morgan fingerprint density at radius 2 is 1.83 bits per heavy atom. The molecule has 0 unspecified atom stereocenters. The maximum atomic E-state index is 11.8. The minimum Gasteiger partial charge on any atom is -0.377 e. The molecule has 1 aromatic carbocycles. The second-order valence-electron chi connectivity index (χ2n) is 7.77. The summed E-state index contributed by atoms with van der Waals surface area (Å²) in [7, 11) is 1.65. The third-order valence-electron chi connectivity index (χ3n) is 5.52. The van der Waals surface area contributed by atoms with Gasteiger partial charge in [-0.25, -0.2) is 14.6 Å². The zero-order chi connectivity index (χ0) is 21.3. The Hall–Kier alpha value is -3.00. The van der Waals surface area contributed by atoms with Gasteiger partial charge in [0, 0.05) is 40.2 Å². The number of fused-ring (bicyclic) bond motifs is 1. The standard InChI is InChI=1S/C22H28N6O2/c1-15-6-8-18(9-7-15)28-22-20(16(2)25-28)21(23-19(24-22)14-30-4)27-11-5-10-26(12-13-27)17(3)29/h6-9H,5,10-14H2,1-4H3. The zero-order valence-electron chi connectivity index (χ0n) is 18.1. The number of hydrogen-bond acceptors (Lipinski definition) is 6. The second-order valence-corrected chi connectivity index (χ2v) is 7.77. The van der Waals surface area contributed by atoms with Crippen LogP contribution in [0.5, 0.6) is 0 Å². The molecule has 3 heterocycles. The molecule has 0 saturated carbocycles. The van der Waals surface area contributed by atoms with E-state index in [9.17, 15) is 4.79 Å². The van der Waals surface area contributed by atoms with E-state index in [1.807, 2.05) is 16.5 Å². The van der Waals surface area contributed by atoms with Gasteiger partial charge in [0.1, 0.15) is 12.4 Å². The first-order chi connectivity index (χ1) is 14.5. The molecule has 8 nitrogen and oxygen atoms in total. The Kier molecular flexibility index (Phi) is 5.67. The largest absolute Gasteiger partial charge is 0.377 e. The topological polar surface area (TPSA) is 76.4 Å². The molecule has 1 aliphatic rings. The molecule has 1 fully saturated rings. The van der Waals surface area contributed by atoms with Crippen molar-refractivity contribution in [1.29, 1.82) is 0 Å². The number of rotatable bonds is 4. The van der Waals surface area contributed by atoms with Crippen molar-refractivity contribution in [3.63, 3.8) is 0 Å². The number of carbonyl (C=O) groups is 1. The monoisotopic (exact) mass is 408 g/mol. The van der Waals surface area contributed by atoms with Crippen LogP contribution in [0.25, 0.3) is 16.7 Å². The highest BCUT2D eigenvalue weighted by Gasteiger charge is 2.24. The summed E-state index contributed by atoms with van der Waals surface area (Å²) in [5, 5.41) is 5.75. The lowest BCUT2D eigenvalue weighted by molar-refractivity contribution is -0.128. The lowest BCUT2D eigenvalue weighted by atomic mass is 10.2. The third-order valence-corrected chi connectivity index (χ3v) is 5.52. The van der Waals surface area contributed by atoms with Gasteiger partial charge in [-0.1, -0.05) is 17.7 Å². The van der Waals surface area contributed by atoms with Gasteiger partial charge in [0.2, 0.25) is 5.91 Å². The average Bonchev–Trinajstić information content (AvgIpc) is 2.90. The number of nitrogens with zero attached hydrogens (tertiary/aromatic N) is 6. The smallest absolute Gasteiger partial charge is 0.219 e. The number of anilines is 1. The molecule has 1 saturated heterocycles. The minimum absolute atomic E-state index is 0.119. The molecule has 8 heteroatoms. The second kappa shape index (κ2) is 8.39. The fourth-order valence-electron chi connectivity index (χ4n) is 3.94. The highest BCUT2D eigenvalue weighted by atomic mass is 16.5. The fraction of sp³-hybridized carbons (Fsp3) is 0.455. The van der Waals surface area contributed by atoms with Crippen LogP contribution in [0, 0.1) is 13.8 Å². The van der Waals surface area contributed by atoms with Crippen molar-refractivity contribution in [3.05, 3.63) is 41.3 Å². The highest BCUT2D eigenvalue weighted by Crippen LogP contribution is 2.30. The third kappa shape index (κ3) is 3.87. The van der Waals surface area contributed by atoms with Gasteiger partial charge in [0.25, 0.3) is 0 Å². The highest BCUT2D eigenvalue weighted by molar-refractivity contribution is 5.91. The van der Waals surface area contributed by atoms with Crippen LogP contribution in [0.3, 0.4) is 0 Å². The number of aryl methyl sites for hydroxylation is 2. The molecule has 30 heavy (non-hydrogen) atoms. The van der Waals surface area contributed by atoms with E-state index < -0.39 is 0 Å². The molecule has 0 spiro atoms. The summed E-state index contributed by atoms with van der Waals surface area (Å²) >= 11 is 0. The number of benzene rings is 1. The molecule has 0 bridgehead atoms. The predicted molar refractivity (Wildman–Crippen MR) is 116 cm³/mol. The lowest BCUT2D eigenvalue weighted by Gasteiger charge is -2.23. The maximum absolute atomic E-state index is 11.8. The molecule has 0 aliphatic carbocycles. The van der Waals surface area contributed by atoms with E-state index in [4.69, 9.17) is 19.8 Å². The molecule has 0 atom stereocenters. The van der Waals surface area contributed by atoms with Gasteiger partial charge >= 0.3 is 0 Å². The molecular formula is C22H28N6O2. The first-order valence-electron chi connectivity index (χ1n) is 10.3. The molecule has 3 aromatic rings. The predicted octanol–water partition coefficient (Wildman–Crippen LogP) is 2.64. The lowest BCUT2D eigenvalue weighted by Crippen LogP contribution is -2.34. The summed E-state index contributed by atoms with van der Waals surface area (Å²) in [5.41, 5.74) is 3.82. The van der Waals surface area contributed by atoms with Crippen molar-refractivity contribution in [2.24, 2.45) is 0 Å². The van der Waals surface area contributed by atoms with Crippen molar-refractivity contribution in [3.8, 4) is 5.69 Å². The van der Waals surface area contributed by atoms with E-state index in [2.05, 4.69) is 36.1 Å². The summed E-state index contributed by atoms with van der Waals surface area (Å²) < 4.78 is 7.22. The van der Waals surface area contributed by atoms with Gasteiger partial charge in [-0.2, -0.15) is 5.10 Å². The molecule has 1 aliphatic heterocycles. The minimum atomic E-state index is 0.119. The summed E-state index contributed by atoms with van der Waals surface area (Å²) in [6.45, 7) is 9.04. The van der Waals surface area contributed by atoms with Crippen LogP contribution in [-0.4, -0.2) is 63.8 Å². The van der Waals surface area contributed by atoms with Crippen molar-refractivity contribution in [2.45, 2.75) is 33.8 Å². The number of hydrogen-bond donors (Lipinski definition) is 0. The van der Waals surface area contributed by atoms with Crippen LogP contribution in [0.15, 0.2) is 24.3 Å². The van der Waals surface area contributed by atoms with Gasteiger partial charge < -0.3 is 14.5 Å². The Morgan fingerprint density at radius 3 is 2.53 bits per heavy atom. The van der Waals surface area contributed by atoms with E-state index in [1.54, 1.807) is 14.0 Å². The first kappa shape index (κ1) is 20.3. The van der Waals surface area contributed by atoms with Crippen molar-refractivity contribution < 1.29 is 9.53 Å². The summed E-state index contributed by atoms with van der Waals surface area (Å²) in [6.07, 6.45) is 0.899. The van der Waals surface area contributed by atoms with E-state index in [1.165, 1.54) is 5.56 Å². The average molecular weight is 409 g/mol. The Bertz CT molecular complexity index is 1060. The van der Waals surface area contributed by atoms with Gasteiger partial charge in [0.05, 0.1) is 16.8 Å². The van der Waals surface area contributed by atoms with Gasteiger partial charge in [0.15, 0.2) is 11.5 Å². The first-order valence-corrected chi connectivity index (χ1v) is 10.3. The van der Waals surface area contributed by atoms with Crippen LogP contribution >= 0.6 is 0 Å². The summed E-state index contributed by atoms with van der Waals surface area (Å²) in [4.78, 5) is 25.6.